The summed E-state index contributed by atoms with van der Waals surface area (Å²) in [4.78, 5) is 26.5. The molecule has 4 bridgehead atoms. The molecule has 0 aliphatic heterocycles. The fourth-order valence-electron chi connectivity index (χ4n) is 6.31. The number of hydrogen-bond acceptors (Lipinski definition) is 4. The number of likely N-dealkylation sites (N-methyl/N-ethyl adjacent to an activating group) is 1. The summed E-state index contributed by atoms with van der Waals surface area (Å²) in [5.74, 6) is 0.0167. The van der Waals surface area contributed by atoms with Crippen molar-refractivity contribution in [3.63, 3.8) is 0 Å². The molecule has 4 aliphatic rings. The second kappa shape index (κ2) is 7.69. The Morgan fingerprint density at radius 1 is 1.16 bits per heavy atom. The molecule has 4 saturated carbocycles. The lowest BCUT2D eigenvalue weighted by molar-refractivity contribution is -0.274. The number of hydrogen-bond donors (Lipinski definition) is 2. The molecule has 4 fully saturated rings. The Hall–Kier alpha value is -2.29. The highest BCUT2D eigenvalue weighted by Crippen LogP contribution is 2.62. The first-order valence-corrected chi connectivity index (χ1v) is 10.5. The molecule has 6 nitrogen and oxygen atoms in total. The average Bonchev–Trinajstić information content (AvgIpc) is 2.59. The van der Waals surface area contributed by atoms with Crippen molar-refractivity contribution in [1.82, 2.24) is 4.90 Å². The number of alkyl halides is 3. The molecule has 0 aromatic heterocycles. The van der Waals surface area contributed by atoms with Gasteiger partial charge in [0.2, 0.25) is 11.8 Å². The molecule has 2 atom stereocenters. The van der Waals surface area contributed by atoms with Crippen molar-refractivity contribution < 1.29 is 32.6 Å². The minimum atomic E-state index is -4.78. The number of anilines is 1. The predicted molar refractivity (Wildman–Crippen MR) is 106 cm³/mol. The van der Waals surface area contributed by atoms with Gasteiger partial charge in [0.1, 0.15) is 5.75 Å². The third kappa shape index (κ3) is 5.14. The minimum Gasteiger partial charge on any atom is -0.406 e. The van der Waals surface area contributed by atoms with Gasteiger partial charge in [0, 0.05) is 19.2 Å². The molecule has 1 aromatic rings. The van der Waals surface area contributed by atoms with Crippen LogP contribution in [0.15, 0.2) is 24.3 Å². The van der Waals surface area contributed by atoms with Gasteiger partial charge < -0.3 is 20.1 Å². The van der Waals surface area contributed by atoms with E-state index < -0.39 is 17.9 Å². The van der Waals surface area contributed by atoms with Gasteiger partial charge in [0.15, 0.2) is 0 Å². The first kappa shape index (κ1) is 21.9. The molecule has 170 valence electrons. The van der Waals surface area contributed by atoms with Crippen molar-refractivity contribution in [2.45, 2.75) is 56.9 Å². The van der Waals surface area contributed by atoms with Crippen LogP contribution in [0.25, 0.3) is 0 Å². The fraction of sp³-hybridized carbons (Fsp3) is 0.636. The first-order chi connectivity index (χ1) is 14.4. The van der Waals surface area contributed by atoms with Gasteiger partial charge in [-0.1, -0.05) is 0 Å². The second-order valence-corrected chi connectivity index (χ2v) is 9.73. The fourth-order valence-corrected chi connectivity index (χ4v) is 6.31. The van der Waals surface area contributed by atoms with Crippen LogP contribution < -0.4 is 10.1 Å². The molecule has 0 radical (unpaired) electrons. The monoisotopic (exact) mass is 440 g/mol. The molecule has 2 unspecified atom stereocenters. The molecule has 0 saturated heterocycles. The maximum atomic E-state index is 12.8. The Bertz CT molecular complexity index is 841. The first-order valence-electron chi connectivity index (χ1n) is 10.5. The van der Waals surface area contributed by atoms with Gasteiger partial charge in [0.25, 0.3) is 0 Å². The number of carbonyl (C=O) groups excluding carboxylic acids is 2. The topological polar surface area (TPSA) is 78.9 Å². The summed E-state index contributed by atoms with van der Waals surface area (Å²) in [5.41, 5.74) is -0.499. The molecule has 0 heterocycles. The van der Waals surface area contributed by atoms with E-state index in [4.69, 9.17) is 0 Å². The van der Waals surface area contributed by atoms with E-state index in [0.717, 1.165) is 44.2 Å². The Balaban J connectivity index is 1.29. The predicted octanol–water partition coefficient (Wildman–Crippen LogP) is 3.70. The number of halogens is 3. The second-order valence-electron chi connectivity index (χ2n) is 9.73. The normalized spacial score (nSPS) is 31.4. The van der Waals surface area contributed by atoms with Gasteiger partial charge in [-0.15, -0.1) is 13.2 Å². The van der Waals surface area contributed by atoms with Crippen LogP contribution in [-0.2, 0) is 9.59 Å². The lowest BCUT2D eigenvalue weighted by Gasteiger charge is -2.60. The van der Waals surface area contributed by atoms with Gasteiger partial charge in [-0.05, 0) is 80.0 Å². The smallest absolute Gasteiger partial charge is 0.406 e. The summed E-state index contributed by atoms with van der Waals surface area (Å²) in [6.07, 6.45) is 0.951. The Kier molecular flexibility index (Phi) is 5.44. The Morgan fingerprint density at radius 2 is 1.77 bits per heavy atom. The number of amides is 2. The van der Waals surface area contributed by atoms with E-state index in [-0.39, 0.29) is 23.6 Å². The SMILES string of the molecule is CN(CC(=O)Nc1ccc(OC(F)(F)F)cc1)C(=O)CC12CC3CC(CC(O)(C3)C1)C2. The Morgan fingerprint density at radius 3 is 2.32 bits per heavy atom. The molecule has 9 heteroatoms. The van der Waals surface area contributed by atoms with E-state index in [1.807, 2.05) is 0 Å². The van der Waals surface area contributed by atoms with Crippen LogP contribution in [-0.4, -0.2) is 47.4 Å². The quantitative estimate of drug-likeness (QED) is 0.707. The number of benzene rings is 1. The molecule has 4 aliphatic carbocycles. The van der Waals surface area contributed by atoms with Crippen LogP contribution in [0.5, 0.6) is 5.75 Å². The zero-order valence-corrected chi connectivity index (χ0v) is 17.4. The summed E-state index contributed by atoms with van der Waals surface area (Å²) < 4.78 is 40.5. The van der Waals surface area contributed by atoms with Crippen molar-refractivity contribution in [2.24, 2.45) is 17.3 Å². The van der Waals surface area contributed by atoms with Crippen LogP contribution in [0.4, 0.5) is 18.9 Å². The Labute approximate surface area is 178 Å². The standard InChI is InChI=1S/C22H27F3N2O4/c1-27(12-18(28)26-16-2-4-17(5-3-16)31-22(23,24)25)19(29)11-20-7-14-6-15(8-20)10-21(30,9-14)13-20/h2-5,14-15,30H,6-13H2,1H3,(H,26,28). The molecular weight excluding hydrogens is 413 g/mol. The van der Waals surface area contributed by atoms with Gasteiger partial charge in [-0.25, -0.2) is 0 Å². The molecule has 2 amide bonds. The van der Waals surface area contributed by atoms with Crippen LogP contribution in [0.2, 0.25) is 0 Å². The number of rotatable bonds is 6. The lowest BCUT2D eigenvalue weighted by Crippen LogP contribution is -2.56. The van der Waals surface area contributed by atoms with Gasteiger partial charge in [0.05, 0.1) is 12.1 Å². The largest absolute Gasteiger partial charge is 0.573 e. The highest BCUT2D eigenvalue weighted by atomic mass is 19.4. The van der Waals surface area contributed by atoms with Crippen LogP contribution in [0.3, 0.4) is 0 Å². The van der Waals surface area contributed by atoms with E-state index in [9.17, 15) is 27.9 Å². The van der Waals surface area contributed by atoms with Crippen molar-refractivity contribution in [1.29, 1.82) is 0 Å². The zero-order chi connectivity index (χ0) is 22.4. The number of ether oxygens (including phenoxy) is 1. The van der Waals surface area contributed by atoms with Crippen molar-refractivity contribution >= 4 is 17.5 Å². The summed E-state index contributed by atoms with van der Waals surface area (Å²) in [5, 5.41) is 13.4. The maximum absolute atomic E-state index is 12.8. The molecule has 1 aromatic carbocycles. The van der Waals surface area contributed by atoms with Gasteiger partial charge >= 0.3 is 6.36 Å². The van der Waals surface area contributed by atoms with E-state index >= 15 is 0 Å². The molecule has 0 spiro atoms. The summed E-state index contributed by atoms with van der Waals surface area (Å²) >= 11 is 0. The summed E-state index contributed by atoms with van der Waals surface area (Å²) in [6, 6.07) is 4.82. The number of nitrogens with one attached hydrogen (secondary N) is 1. The van der Waals surface area contributed by atoms with E-state index in [2.05, 4.69) is 10.1 Å². The van der Waals surface area contributed by atoms with Crippen LogP contribution in [0, 0.1) is 17.3 Å². The number of carbonyl (C=O) groups is 2. The van der Waals surface area contributed by atoms with Crippen LogP contribution >= 0.6 is 0 Å². The lowest BCUT2D eigenvalue weighted by atomic mass is 9.47. The summed E-state index contributed by atoms with van der Waals surface area (Å²) in [6.45, 7) is -0.160. The number of nitrogens with zero attached hydrogens (tertiary/aromatic N) is 1. The highest BCUT2D eigenvalue weighted by Gasteiger charge is 2.57. The van der Waals surface area contributed by atoms with E-state index in [0.29, 0.717) is 30.4 Å². The average molecular weight is 440 g/mol. The molecular formula is C22H27F3N2O4. The molecule has 2 N–H and O–H groups in total. The number of aliphatic hydroxyl groups is 1. The van der Waals surface area contributed by atoms with Crippen molar-refractivity contribution in [3.8, 4) is 5.75 Å². The third-order valence-corrected chi connectivity index (χ3v) is 6.86. The van der Waals surface area contributed by atoms with Crippen LogP contribution in [0.1, 0.15) is 44.9 Å². The molecule has 31 heavy (non-hydrogen) atoms. The van der Waals surface area contributed by atoms with E-state index in [1.54, 1.807) is 7.05 Å². The van der Waals surface area contributed by atoms with E-state index in [1.165, 1.54) is 17.0 Å². The zero-order valence-electron chi connectivity index (χ0n) is 17.4. The maximum Gasteiger partial charge on any atom is 0.573 e. The minimum absolute atomic E-state index is 0.130. The van der Waals surface area contributed by atoms with Gasteiger partial charge in [-0.2, -0.15) is 0 Å². The van der Waals surface area contributed by atoms with Gasteiger partial charge in [-0.3, -0.25) is 9.59 Å². The van der Waals surface area contributed by atoms with Crippen molar-refractivity contribution in [2.75, 3.05) is 18.9 Å². The third-order valence-electron chi connectivity index (χ3n) is 6.86. The highest BCUT2D eigenvalue weighted by molar-refractivity contribution is 5.94. The summed E-state index contributed by atoms with van der Waals surface area (Å²) in [7, 11) is 1.57. The molecule has 5 rings (SSSR count). The van der Waals surface area contributed by atoms with Crippen molar-refractivity contribution in [3.05, 3.63) is 24.3 Å².